The van der Waals surface area contributed by atoms with E-state index in [9.17, 15) is 0 Å². The van der Waals surface area contributed by atoms with Crippen LogP contribution in [-0.4, -0.2) is 31.1 Å². The number of rotatable bonds is 6. The minimum Gasteiger partial charge on any atom is -0.307 e. The topological polar surface area (TPSA) is 15.3 Å². The third-order valence-corrected chi connectivity index (χ3v) is 6.56. The summed E-state index contributed by atoms with van der Waals surface area (Å²) in [4.78, 5) is 3.99. The SMILES string of the molecule is CN(C)C1(CNC(c2cccs2)C2CCCC2)CCC1. The van der Waals surface area contributed by atoms with Crippen molar-refractivity contribution >= 4 is 11.3 Å². The average molecular weight is 292 g/mol. The average Bonchev–Trinajstić information content (AvgIpc) is 3.05. The quantitative estimate of drug-likeness (QED) is 0.851. The van der Waals surface area contributed by atoms with Gasteiger partial charge in [-0.2, -0.15) is 0 Å². The Balaban J connectivity index is 1.67. The van der Waals surface area contributed by atoms with Crippen LogP contribution in [0.4, 0.5) is 0 Å². The first-order valence-electron chi connectivity index (χ1n) is 8.15. The van der Waals surface area contributed by atoms with Gasteiger partial charge < -0.3 is 10.2 Å². The Kier molecular flexibility index (Phi) is 4.49. The second-order valence-electron chi connectivity index (χ2n) is 6.89. The minimum absolute atomic E-state index is 0.425. The van der Waals surface area contributed by atoms with Gasteiger partial charge >= 0.3 is 0 Å². The van der Waals surface area contributed by atoms with Crippen molar-refractivity contribution in [2.45, 2.75) is 56.5 Å². The lowest BCUT2D eigenvalue weighted by Crippen LogP contribution is -2.57. The summed E-state index contributed by atoms with van der Waals surface area (Å²) in [5.74, 6) is 0.855. The van der Waals surface area contributed by atoms with E-state index in [0.29, 0.717) is 11.6 Å². The number of nitrogens with zero attached hydrogens (tertiary/aromatic N) is 1. The van der Waals surface area contributed by atoms with Crippen LogP contribution in [-0.2, 0) is 0 Å². The van der Waals surface area contributed by atoms with Gasteiger partial charge in [0.05, 0.1) is 0 Å². The van der Waals surface area contributed by atoms with Crippen molar-refractivity contribution in [3.8, 4) is 0 Å². The first-order valence-corrected chi connectivity index (χ1v) is 9.03. The van der Waals surface area contributed by atoms with Crippen molar-refractivity contribution < 1.29 is 0 Å². The Hall–Kier alpha value is -0.380. The number of nitrogens with one attached hydrogen (secondary N) is 1. The monoisotopic (exact) mass is 292 g/mol. The molecule has 1 heterocycles. The Morgan fingerprint density at radius 3 is 2.55 bits per heavy atom. The van der Waals surface area contributed by atoms with Crippen LogP contribution in [0.3, 0.4) is 0 Å². The summed E-state index contributed by atoms with van der Waals surface area (Å²) in [5, 5.41) is 6.18. The molecular formula is C17H28N2S. The highest BCUT2D eigenvalue weighted by Gasteiger charge is 2.40. The van der Waals surface area contributed by atoms with Crippen molar-refractivity contribution in [3.63, 3.8) is 0 Å². The number of likely N-dealkylation sites (N-methyl/N-ethyl adjacent to an activating group) is 1. The summed E-state index contributed by atoms with van der Waals surface area (Å²) in [6.45, 7) is 1.15. The van der Waals surface area contributed by atoms with Crippen LogP contribution in [0.1, 0.15) is 55.9 Å². The molecule has 2 saturated carbocycles. The molecule has 1 aromatic rings. The second-order valence-corrected chi connectivity index (χ2v) is 7.87. The standard InChI is InChI=1S/C17H28N2S/c1-19(2)17(10-6-11-17)13-18-16(14-7-3-4-8-14)15-9-5-12-20-15/h5,9,12,14,16,18H,3-4,6-8,10-11,13H2,1-2H3. The van der Waals surface area contributed by atoms with E-state index in [1.165, 1.54) is 44.9 Å². The summed E-state index contributed by atoms with van der Waals surface area (Å²) >= 11 is 1.93. The zero-order valence-corrected chi connectivity index (χ0v) is 13.7. The van der Waals surface area contributed by atoms with E-state index in [1.54, 1.807) is 4.88 Å². The van der Waals surface area contributed by atoms with Gasteiger partial charge in [0.1, 0.15) is 0 Å². The van der Waals surface area contributed by atoms with E-state index in [2.05, 4.69) is 41.8 Å². The van der Waals surface area contributed by atoms with Gasteiger partial charge in [-0.3, -0.25) is 0 Å². The van der Waals surface area contributed by atoms with E-state index in [4.69, 9.17) is 0 Å². The lowest BCUT2D eigenvalue weighted by molar-refractivity contribution is 0.0547. The molecular weight excluding hydrogens is 264 g/mol. The van der Waals surface area contributed by atoms with Crippen molar-refractivity contribution in [2.24, 2.45) is 5.92 Å². The fourth-order valence-corrected chi connectivity index (χ4v) is 4.82. The van der Waals surface area contributed by atoms with Crippen LogP contribution in [0.5, 0.6) is 0 Å². The van der Waals surface area contributed by atoms with Gasteiger partial charge in [0.15, 0.2) is 0 Å². The van der Waals surface area contributed by atoms with Gasteiger partial charge in [-0.15, -0.1) is 11.3 Å². The van der Waals surface area contributed by atoms with Gasteiger partial charge in [0.2, 0.25) is 0 Å². The Morgan fingerprint density at radius 2 is 2.05 bits per heavy atom. The fraction of sp³-hybridized carbons (Fsp3) is 0.765. The molecule has 0 saturated heterocycles. The molecule has 112 valence electrons. The molecule has 2 aliphatic rings. The molecule has 2 nitrogen and oxygen atoms in total. The van der Waals surface area contributed by atoms with Gasteiger partial charge in [0.25, 0.3) is 0 Å². The van der Waals surface area contributed by atoms with Crippen molar-refractivity contribution in [2.75, 3.05) is 20.6 Å². The summed E-state index contributed by atoms with van der Waals surface area (Å²) in [6.07, 6.45) is 9.77. The van der Waals surface area contributed by atoms with E-state index < -0.39 is 0 Å². The molecule has 1 N–H and O–H groups in total. The van der Waals surface area contributed by atoms with E-state index in [0.717, 1.165) is 12.5 Å². The maximum Gasteiger partial charge on any atom is 0.0444 e. The molecule has 2 aliphatic carbocycles. The van der Waals surface area contributed by atoms with E-state index in [1.807, 2.05) is 11.3 Å². The minimum atomic E-state index is 0.425. The summed E-state index contributed by atoms with van der Waals surface area (Å²) in [6, 6.07) is 5.12. The molecule has 3 heteroatoms. The molecule has 2 fully saturated rings. The maximum atomic E-state index is 3.96. The third-order valence-electron chi connectivity index (χ3n) is 5.60. The number of thiophene rings is 1. The van der Waals surface area contributed by atoms with Crippen LogP contribution in [0.25, 0.3) is 0 Å². The molecule has 3 rings (SSSR count). The molecule has 1 atom stereocenters. The maximum absolute atomic E-state index is 3.96. The van der Waals surface area contributed by atoms with Gasteiger partial charge in [-0.1, -0.05) is 18.9 Å². The molecule has 1 aromatic heterocycles. The lowest BCUT2D eigenvalue weighted by atomic mass is 9.75. The normalized spacial score (nSPS) is 23.9. The highest BCUT2D eigenvalue weighted by Crippen LogP contribution is 2.40. The summed E-state index contributed by atoms with van der Waals surface area (Å²) < 4.78 is 0. The molecule has 0 amide bonds. The zero-order chi connectivity index (χ0) is 14.0. The lowest BCUT2D eigenvalue weighted by Gasteiger charge is -2.48. The van der Waals surface area contributed by atoms with Crippen LogP contribution >= 0.6 is 11.3 Å². The predicted molar refractivity (Wildman–Crippen MR) is 87.3 cm³/mol. The predicted octanol–water partition coefficient (Wildman–Crippen LogP) is 4.05. The Bertz CT molecular complexity index is 403. The summed E-state index contributed by atoms with van der Waals surface area (Å²) in [5.41, 5.74) is 0.425. The van der Waals surface area contributed by atoms with Gasteiger partial charge in [-0.05, 0) is 63.6 Å². The molecule has 1 unspecified atom stereocenters. The molecule has 0 aliphatic heterocycles. The molecule has 0 spiro atoms. The molecule has 0 bridgehead atoms. The highest BCUT2D eigenvalue weighted by molar-refractivity contribution is 7.10. The second kappa shape index (κ2) is 6.17. The van der Waals surface area contributed by atoms with Crippen molar-refractivity contribution in [1.82, 2.24) is 10.2 Å². The van der Waals surface area contributed by atoms with Gasteiger partial charge in [0, 0.05) is 23.0 Å². The Morgan fingerprint density at radius 1 is 1.30 bits per heavy atom. The van der Waals surface area contributed by atoms with Crippen LogP contribution in [0.2, 0.25) is 0 Å². The fourth-order valence-electron chi connectivity index (χ4n) is 3.93. The first kappa shape index (κ1) is 14.6. The van der Waals surface area contributed by atoms with Crippen LogP contribution in [0.15, 0.2) is 17.5 Å². The number of hydrogen-bond acceptors (Lipinski definition) is 3. The summed E-state index contributed by atoms with van der Waals surface area (Å²) in [7, 11) is 4.49. The van der Waals surface area contributed by atoms with Crippen molar-refractivity contribution in [1.29, 1.82) is 0 Å². The molecule has 20 heavy (non-hydrogen) atoms. The van der Waals surface area contributed by atoms with Crippen LogP contribution in [0, 0.1) is 5.92 Å². The van der Waals surface area contributed by atoms with Crippen molar-refractivity contribution in [3.05, 3.63) is 22.4 Å². The highest BCUT2D eigenvalue weighted by atomic mass is 32.1. The zero-order valence-electron chi connectivity index (χ0n) is 12.9. The third kappa shape index (κ3) is 2.81. The molecule has 0 aromatic carbocycles. The van der Waals surface area contributed by atoms with Crippen LogP contribution < -0.4 is 5.32 Å². The van der Waals surface area contributed by atoms with E-state index in [-0.39, 0.29) is 0 Å². The largest absolute Gasteiger partial charge is 0.307 e. The molecule has 0 radical (unpaired) electrons. The van der Waals surface area contributed by atoms with Gasteiger partial charge in [-0.25, -0.2) is 0 Å². The number of hydrogen-bond donors (Lipinski definition) is 1. The first-order chi connectivity index (χ1) is 9.71. The van der Waals surface area contributed by atoms with E-state index >= 15 is 0 Å². The smallest absolute Gasteiger partial charge is 0.0444 e. The Labute approximate surface area is 127 Å².